The molecule has 1 fully saturated rings. The fraction of sp³-hybridized carbons (Fsp3) is 0.471. The van der Waals surface area contributed by atoms with Crippen LogP contribution in [0.25, 0.3) is 0 Å². The van der Waals surface area contributed by atoms with Gasteiger partial charge in [-0.15, -0.1) is 5.06 Å². The lowest BCUT2D eigenvalue weighted by atomic mass is 10.4. The van der Waals surface area contributed by atoms with Crippen molar-refractivity contribution in [3.05, 3.63) is 24.4 Å². The second-order valence-corrected chi connectivity index (χ2v) is 10.3. The molecule has 0 aliphatic carbocycles. The van der Waals surface area contributed by atoms with Gasteiger partial charge in [-0.1, -0.05) is 16.9 Å². The summed E-state index contributed by atoms with van der Waals surface area (Å²) in [5, 5.41) is 1.58. The number of nitrogens with zero attached hydrogens (tertiary/aromatic N) is 2. The van der Waals surface area contributed by atoms with Gasteiger partial charge in [0.2, 0.25) is 5.91 Å². The molecule has 1 atom stereocenters. The molecule has 32 heavy (non-hydrogen) atoms. The SMILES string of the molecule is O=C(CCSSc1ccccn1)NCCOCCC(=O)ON1C(=O)CC(S(=O)(=O)O)C1=O. The molecule has 1 aromatic rings. The quantitative estimate of drug-likeness (QED) is 0.161. The molecule has 2 rings (SSSR count). The number of rotatable bonds is 13. The summed E-state index contributed by atoms with van der Waals surface area (Å²) in [4.78, 5) is 55.5. The summed E-state index contributed by atoms with van der Waals surface area (Å²) in [7, 11) is -1.78. The van der Waals surface area contributed by atoms with Crippen molar-refractivity contribution in [2.24, 2.45) is 0 Å². The lowest BCUT2D eigenvalue weighted by Crippen LogP contribution is -2.36. The first-order valence-corrected chi connectivity index (χ1v) is 13.1. The minimum absolute atomic E-state index is 0.0329. The molecule has 1 saturated heterocycles. The standard InChI is InChI=1S/C17H21N3O9S3/c21-13(5-10-30-31-14-3-1-2-6-19-14)18-7-9-28-8-4-16(23)29-20-15(22)11-12(17(20)24)32(25,26)27/h1-3,6,12H,4-5,7-11H2,(H,18,21)(H,25,26,27). The summed E-state index contributed by atoms with van der Waals surface area (Å²) >= 11 is 0. The highest BCUT2D eigenvalue weighted by molar-refractivity contribution is 8.76. The fourth-order valence-electron chi connectivity index (χ4n) is 2.30. The number of imide groups is 1. The molecular weight excluding hydrogens is 486 g/mol. The van der Waals surface area contributed by atoms with Crippen LogP contribution in [0.4, 0.5) is 0 Å². The number of hydroxylamine groups is 2. The lowest BCUT2D eigenvalue weighted by molar-refractivity contribution is -0.198. The van der Waals surface area contributed by atoms with E-state index in [-0.39, 0.29) is 37.1 Å². The van der Waals surface area contributed by atoms with Gasteiger partial charge >= 0.3 is 5.97 Å². The first-order valence-electron chi connectivity index (χ1n) is 9.27. The Morgan fingerprint density at radius 3 is 2.69 bits per heavy atom. The second-order valence-electron chi connectivity index (χ2n) is 6.23. The zero-order valence-electron chi connectivity index (χ0n) is 16.7. The number of amides is 3. The smallest absolute Gasteiger partial charge is 0.335 e. The third-order valence-corrected chi connectivity index (χ3v) is 7.18. The predicted octanol–water partition coefficient (Wildman–Crippen LogP) is 0.208. The molecule has 176 valence electrons. The zero-order chi connectivity index (χ0) is 23.6. The first kappa shape index (κ1) is 26.1. The van der Waals surface area contributed by atoms with Gasteiger partial charge in [-0.25, -0.2) is 9.78 Å². The van der Waals surface area contributed by atoms with Crippen molar-refractivity contribution in [1.82, 2.24) is 15.4 Å². The van der Waals surface area contributed by atoms with Gasteiger partial charge in [0.25, 0.3) is 21.9 Å². The van der Waals surface area contributed by atoms with Crippen LogP contribution in [0.15, 0.2) is 29.4 Å². The third kappa shape index (κ3) is 8.74. The highest BCUT2D eigenvalue weighted by Gasteiger charge is 2.48. The molecule has 1 unspecified atom stereocenters. The van der Waals surface area contributed by atoms with Gasteiger partial charge < -0.3 is 14.9 Å². The van der Waals surface area contributed by atoms with Crippen molar-refractivity contribution < 1.29 is 41.7 Å². The summed E-state index contributed by atoms with van der Waals surface area (Å²) < 4.78 is 36.1. The Morgan fingerprint density at radius 2 is 2.03 bits per heavy atom. The van der Waals surface area contributed by atoms with Crippen LogP contribution in [-0.2, 0) is 38.9 Å². The maximum atomic E-state index is 11.8. The topological polar surface area (TPSA) is 169 Å². The van der Waals surface area contributed by atoms with E-state index in [9.17, 15) is 27.6 Å². The number of carbonyl (C=O) groups excluding carboxylic acids is 4. The van der Waals surface area contributed by atoms with Gasteiger partial charge in [-0.2, -0.15) is 8.42 Å². The number of nitrogens with one attached hydrogen (secondary N) is 1. The Hall–Kier alpha value is -2.20. The van der Waals surface area contributed by atoms with Crippen LogP contribution in [0.3, 0.4) is 0 Å². The van der Waals surface area contributed by atoms with Gasteiger partial charge in [-0.05, 0) is 22.9 Å². The second kappa shape index (κ2) is 12.7. The molecule has 2 heterocycles. The lowest BCUT2D eigenvalue weighted by Gasteiger charge is -2.13. The molecule has 12 nitrogen and oxygen atoms in total. The Bertz CT molecular complexity index is 928. The zero-order valence-corrected chi connectivity index (χ0v) is 19.1. The summed E-state index contributed by atoms with van der Waals surface area (Å²) in [6.45, 7) is 0.246. The Labute approximate surface area is 191 Å². The average Bonchev–Trinajstić information content (AvgIpc) is 3.03. The van der Waals surface area contributed by atoms with Crippen LogP contribution in [0, 0.1) is 0 Å². The van der Waals surface area contributed by atoms with Gasteiger partial charge in [0.15, 0.2) is 5.25 Å². The maximum Gasteiger partial charge on any atom is 0.335 e. The predicted molar refractivity (Wildman–Crippen MR) is 114 cm³/mol. The van der Waals surface area contributed by atoms with Crippen molar-refractivity contribution in [1.29, 1.82) is 0 Å². The van der Waals surface area contributed by atoms with E-state index in [0.717, 1.165) is 5.03 Å². The van der Waals surface area contributed by atoms with E-state index in [0.29, 0.717) is 12.2 Å². The molecule has 0 bridgehead atoms. The van der Waals surface area contributed by atoms with Crippen LogP contribution in [0.2, 0.25) is 0 Å². The van der Waals surface area contributed by atoms with E-state index < -0.39 is 39.6 Å². The van der Waals surface area contributed by atoms with Crippen LogP contribution in [-0.4, -0.2) is 77.5 Å². The molecule has 1 aromatic heterocycles. The molecule has 3 amide bonds. The monoisotopic (exact) mass is 507 g/mol. The normalized spacial score (nSPS) is 16.3. The molecular formula is C17H21N3O9S3. The molecule has 2 N–H and O–H groups in total. The number of hydrogen-bond donors (Lipinski definition) is 2. The number of carbonyl (C=O) groups is 4. The van der Waals surface area contributed by atoms with E-state index in [2.05, 4.69) is 15.1 Å². The van der Waals surface area contributed by atoms with Crippen molar-refractivity contribution in [3.8, 4) is 0 Å². The minimum atomic E-state index is -4.78. The Kier molecular flexibility index (Phi) is 10.4. The summed E-state index contributed by atoms with van der Waals surface area (Å²) in [5.41, 5.74) is 0. The number of pyridine rings is 1. The summed E-state index contributed by atoms with van der Waals surface area (Å²) in [6, 6.07) is 5.58. The largest absolute Gasteiger partial charge is 0.379 e. The maximum absolute atomic E-state index is 11.8. The van der Waals surface area contributed by atoms with Crippen LogP contribution >= 0.6 is 21.6 Å². The molecule has 1 aliphatic heterocycles. The highest BCUT2D eigenvalue weighted by Crippen LogP contribution is 2.29. The highest BCUT2D eigenvalue weighted by atomic mass is 33.1. The van der Waals surface area contributed by atoms with E-state index in [1.807, 2.05) is 18.2 Å². The Balaban J connectivity index is 1.51. The van der Waals surface area contributed by atoms with Crippen molar-refractivity contribution in [2.45, 2.75) is 29.5 Å². The van der Waals surface area contributed by atoms with Gasteiger partial charge in [0.05, 0.1) is 26.1 Å². The van der Waals surface area contributed by atoms with Crippen LogP contribution < -0.4 is 5.32 Å². The molecule has 0 saturated carbocycles. The van der Waals surface area contributed by atoms with E-state index in [1.165, 1.54) is 21.6 Å². The fourth-order valence-corrected chi connectivity index (χ4v) is 4.87. The molecule has 15 heteroatoms. The van der Waals surface area contributed by atoms with Crippen molar-refractivity contribution in [2.75, 3.05) is 25.5 Å². The summed E-state index contributed by atoms with van der Waals surface area (Å²) in [6.07, 6.45) is 0.892. The molecule has 0 aromatic carbocycles. The molecule has 0 spiro atoms. The first-order chi connectivity index (χ1) is 15.2. The number of aromatic nitrogens is 1. The van der Waals surface area contributed by atoms with E-state index >= 15 is 0 Å². The molecule has 1 aliphatic rings. The van der Waals surface area contributed by atoms with Crippen molar-refractivity contribution >= 4 is 55.4 Å². The van der Waals surface area contributed by atoms with Gasteiger partial charge in [0, 0.05) is 24.9 Å². The third-order valence-electron chi connectivity index (χ3n) is 3.83. The number of ether oxygens (including phenoxy) is 1. The van der Waals surface area contributed by atoms with Crippen molar-refractivity contribution in [3.63, 3.8) is 0 Å². The van der Waals surface area contributed by atoms with Gasteiger partial charge in [0.1, 0.15) is 5.03 Å². The molecule has 0 radical (unpaired) electrons. The van der Waals surface area contributed by atoms with Crippen LogP contribution in [0.5, 0.6) is 0 Å². The average molecular weight is 508 g/mol. The van der Waals surface area contributed by atoms with Gasteiger partial charge in [-0.3, -0.25) is 18.9 Å². The number of hydrogen-bond acceptors (Lipinski definition) is 11. The Morgan fingerprint density at radius 1 is 1.25 bits per heavy atom. The van der Waals surface area contributed by atoms with Crippen LogP contribution in [0.1, 0.15) is 19.3 Å². The minimum Gasteiger partial charge on any atom is -0.379 e. The summed E-state index contributed by atoms with van der Waals surface area (Å²) in [5.74, 6) is -2.92. The van der Waals surface area contributed by atoms with E-state index in [1.54, 1.807) is 6.20 Å². The van der Waals surface area contributed by atoms with E-state index in [4.69, 9.17) is 9.29 Å².